The van der Waals surface area contributed by atoms with E-state index in [0.29, 0.717) is 5.75 Å². The molecule has 0 aliphatic heterocycles. The number of aryl methyl sites for hydroxylation is 1. The molecule has 7 heteroatoms. The van der Waals surface area contributed by atoms with E-state index in [1.807, 2.05) is 48.7 Å². The predicted octanol–water partition coefficient (Wildman–Crippen LogP) is 4.63. The standard InChI is InChI=1S/C23H24FN3O2S/c1-16-12-19(17(2)27(16)21-8-6-20(24)7-9-21)13-25-26-23(28)15-30-14-18-4-10-22(29-3)11-5-18/h4-13H,14-15H2,1-3H3,(H,26,28)/b25-13-. The maximum Gasteiger partial charge on any atom is 0.250 e. The molecule has 0 saturated heterocycles. The van der Waals surface area contributed by atoms with Crippen LogP contribution in [0.4, 0.5) is 4.39 Å². The molecule has 2 aromatic carbocycles. The molecule has 1 aromatic heterocycles. The maximum absolute atomic E-state index is 13.2. The minimum atomic E-state index is -0.268. The summed E-state index contributed by atoms with van der Waals surface area (Å²) in [6, 6.07) is 16.1. The molecule has 156 valence electrons. The number of hydrogen-bond donors (Lipinski definition) is 1. The fourth-order valence-corrected chi connectivity index (χ4v) is 3.88. The lowest BCUT2D eigenvalue weighted by atomic mass is 10.2. The number of aromatic nitrogens is 1. The summed E-state index contributed by atoms with van der Waals surface area (Å²) in [5.41, 5.74) is 7.44. The van der Waals surface area contributed by atoms with Crippen molar-refractivity contribution in [3.8, 4) is 11.4 Å². The number of halogens is 1. The van der Waals surface area contributed by atoms with Crippen molar-refractivity contribution in [2.24, 2.45) is 5.10 Å². The SMILES string of the molecule is COc1ccc(CSCC(=O)N/N=C\c2cc(C)n(-c3ccc(F)cc3)c2C)cc1. The number of nitrogens with one attached hydrogen (secondary N) is 1. The van der Waals surface area contributed by atoms with E-state index in [0.717, 1.165) is 39.7 Å². The van der Waals surface area contributed by atoms with E-state index in [-0.39, 0.29) is 11.7 Å². The van der Waals surface area contributed by atoms with Gasteiger partial charge in [0.15, 0.2) is 0 Å². The van der Waals surface area contributed by atoms with Crippen molar-refractivity contribution in [3.05, 3.63) is 82.9 Å². The third-order valence-corrected chi connectivity index (χ3v) is 5.61. The molecule has 0 radical (unpaired) electrons. The van der Waals surface area contributed by atoms with Gasteiger partial charge in [0.2, 0.25) is 5.91 Å². The highest BCUT2D eigenvalue weighted by atomic mass is 32.2. The monoisotopic (exact) mass is 425 g/mol. The third-order valence-electron chi connectivity index (χ3n) is 4.61. The Labute approximate surface area is 179 Å². The van der Waals surface area contributed by atoms with Crippen LogP contribution in [0.3, 0.4) is 0 Å². The van der Waals surface area contributed by atoms with Crippen LogP contribution in [0.5, 0.6) is 5.75 Å². The van der Waals surface area contributed by atoms with Crippen LogP contribution in [0.2, 0.25) is 0 Å². The van der Waals surface area contributed by atoms with E-state index in [1.165, 1.54) is 23.9 Å². The van der Waals surface area contributed by atoms with Crippen LogP contribution in [0, 0.1) is 19.7 Å². The van der Waals surface area contributed by atoms with Crippen LogP contribution in [0.15, 0.2) is 59.7 Å². The zero-order valence-electron chi connectivity index (χ0n) is 17.2. The average molecular weight is 426 g/mol. The molecule has 5 nitrogen and oxygen atoms in total. The normalized spacial score (nSPS) is 11.1. The Morgan fingerprint density at radius 3 is 2.53 bits per heavy atom. The third kappa shape index (κ3) is 5.51. The first kappa shape index (κ1) is 21.6. The summed E-state index contributed by atoms with van der Waals surface area (Å²) in [6.07, 6.45) is 1.63. The van der Waals surface area contributed by atoms with Gasteiger partial charge in [-0.1, -0.05) is 12.1 Å². The van der Waals surface area contributed by atoms with Gasteiger partial charge in [-0.05, 0) is 61.9 Å². The van der Waals surface area contributed by atoms with Crippen molar-refractivity contribution in [3.63, 3.8) is 0 Å². The molecule has 0 fully saturated rings. The van der Waals surface area contributed by atoms with Crippen molar-refractivity contribution in [1.82, 2.24) is 9.99 Å². The Morgan fingerprint density at radius 2 is 1.87 bits per heavy atom. The quantitative estimate of drug-likeness (QED) is 0.423. The number of carbonyl (C=O) groups is 1. The molecule has 0 aliphatic carbocycles. The van der Waals surface area contributed by atoms with Crippen LogP contribution in [-0.2, 0) is 10.5 Å². The highest BCUT2D eigenvalue weighted by molar-refractivity contribution is 7.99. The number of carbonyl (C=O) groups excluding carboxylic acids is 1. The molecule has 1 heterocycles. The van der Waals surface area contributed by atoms with Gasteiger partial charge in [-0.15, -0.1) is 11.8 Å². The number of amides is 1. The second kappa shape index (κ2) is 10.1. The molecule has 30 heavy (non-hydrogen) atoms. The Bertz CT molecular complexity index is 1030. The molecular weight excluding hydrogens is 401 g/mol. The van der Waals surface area contributed by atoms with Crippen LogP contribution in [0.1, 0.15) is 22.5 Å². The number of thioether (sulfide) groups is 1. The Balaban J connectivity index is 1.52. The van der Waals surface area contributed by atoms with E-state index in [2.05, 4.69) is 10.5 Å². The lowest BCUT2D eigenvalue weighted by Crippen LogP contribution is -2.19. The van der Waals surface area contributed by atoms with Crippen molar-refractivity contribution in [1.29, 1.82) is 0 Å². The van der Waals surface area contributed by atoms with E-state index in [1.54, 1.807) is 25.5 Å². The lowest BCUT2D eigenvalue weighted by molar-refractivity contribution is -0.118. The molecule has 0 unspecified atom stereocenters. The molecule has 1 amide bonds. The largest absolute Gasteiger partial charge is 0.497 e. The Morgan fingerprint density at radius 1 is 1.17 bits per heavy atom. The number of rotatable bonds is 8. The van der Waals surface area contributed by atoms with Gasteiger partial charge in [0.1, 0.15) is 11.6 Å². The second-order valence-electron chi connectivity index (χ2n) is 6.77. The first-order valence-electron chi connectivity index (χ1n) is 9.45. The Hall–Kier alpha value is -3.06. The molecule has 1 N–H and O–H groups in total. The molecular formula is C23H24FN3O2S. The minimum absolute atomic E-state index is 0.155. The van der Waals surface area contributed by atoms with Crippen molar-refractivity contribution < 1.29 is 13.9 Å². The lowest BCUT2D eigenvalue weighted by Gasteiger charge is -2.09. The smallest absolute Gasteiger partial charge is 0.250 e. The molecule has 0 atom stereocenters. The number of hydrazone groups is 1. The van der Waals surface area contributed by atoms with Gasteiger partial charge in [0, 0.05) is 28.4 Å². The number of ether oxygens (including phenoxy) is 1. The second-order valence-corrected chi connectivity index (χ2v) is 7.76. The van der Waals surface area contributed by atoms with Crippen LogP contribution in [0.25, 0.3) is 5.69 Å². The van der Waals surface area contributed by atoms with Crippen molar-refractivity contribution in [2.75, 3.05) is 12.9 Å². The molecule has 3 rings (SSSR count). The summed E-state index contributed by atoms with van der Waals surface area (Å²) < 4.78 is 20.3. The van der Waals surface area contributed by atoms with E-state index in [9.17, 15) is 9.18 Å². The highest BCUT2D eigenvalue weighted by Gasteiger charge is 2.09. The number of nitrogens with zero attached hydrogens (tertiary/aromatic N) is 2. The van der Waals surface area contributed by atoms with Crippen LogP contribution >= 0.6 is 11.8 Å². The van der Waals surface area contributed by atoms with Gasteiger partial charge in [-0.3, -0.25) is 4.79 Å². The van der Waals surface area contributed by atoms with Gasteiger partial charge < -0.3 is 9.30 Å². The van der Waals surface area contributed by atoms with Crippen molar-refractivity contribution >= 4 is 23.9 Å². The molecule has 0 bridgehead atoms. The maximum atomic E-state index is 13.2. The van der Waals surface area contributed by atoms with Crippen LogP contribution in [-0.4, -0.2) is 29.6 Å². The van der Waals surface area contributed by atoms with Gasteiger partial charge in [0.25, 0.3) is 0 Å². The predicted molar refractivity (Wildman–Crippen MR) is 120 cm³/mol. The fraction of sp³-hybridized carbons (Fsp3) is 0.217. The summed E-state index contributed by atoms with van der Waals surface area (Å²) in [5.74, 6) is 1.44. The topological polar surface area (TPSA) is 55.6 Å². The number of methoxy groups -OCH3 is 1. The molecule has 0 saturated carbocycles. The van der Waals surface area contributed by atoms with Gasteiger partial charge in [0.05, 0.1) is 19.1 Å². The van der Waals surface area contributed by atoms with E-state index < -0.39 is 0 Å². The summed E-state index contributed by atoms with van der Waals surface area (Å²) in [7, 11) is 1.63. The minimum Gasteiger partial charge on any atom is -0.497 e. The van der Waals surface area contributed by atoms with E-state index >= 15 is 0 Å². The number of hydrogen-bond acceptors (Lipinski definition) is 4. The van der Waals surface area contributed by atoms with Crippen molar-refractivity contribution in [2.45, 2.75) is 19.6 Å². The Kier molecular flexibility index (Phi) is 7.30. The summed E-state index contributed by atoms with van der Waals surface area (Å²) in [6.45, 7) is 3.94. The number of benzene rings is 2. The molecule has 0 spiro atoms. The zero-order valence-corrected chi connectivity index (χ0v) is 18.0. The first-order valence-corrected chi connectivity index (χ1v) is 10.6. The summed E-state index contributed by atoms with van der Waals surface area (Å²) in [5, 5.41) is 4.09. The van der Waals surface area contributed by atoms with Gasteiger partial charge >= 0.3 is 0 Å². The zero-order chi connectivity index (χ0) is 21.5. The average Bonchev–Trinajstić information content (AvgIpc) is 3.02. The highest BCUT2D eigenvalue weighted by Crippen LogP contribution is 2.20. The molecule has 0 aliphatic rings. The van der Waals surface area contributed by atoms with Gasteiger partial charge in [-0.25, -0.2) is 9.82 Å². The molecule has 3 aromatic rings. The van der Waals surface area contributed by atoms with Crippen LogP contribution < -0.4 is 10.2 Å². The summed E-state index contributed by atoms with van der Waals surface area (Å²) in [4.78, 5) is 12.0. The first-order chi connectivity index (χ1) is 14.5. The van der Waals surface area contributed by atoms with Gasteiger partial charge in [-0.2, -0.15) is 5.10 Å². The summed E-state index contributed by atoms with van der Waals surface area (Å²) >= 11 is 1.52. The van der Waals surface area contributed by atoms with E-state index in [4.69, 9.17) is 4.74 Å². The fourth-order valence-electron chi connectivity index (χ4n) is 3.10.